The summed E-state index contributed by atoms with van der Waals surface area (Å²) < 4.78 is 22.1. The van der Waals surface area contributed by atoms with E-state index in [0.717, 1.165) is 29.0 Å². The lowest BCUT2D eigenvalue weighted by molar-refractivity contribution is 0.325. The fourth-order valence-corrected chi connectivity index (χ4v) is 3.36. The van der Waals surface area contributed by atoms with Gasteiger partial charge in [0.2, 0.25) is 5.75 Å². The highest BCUT2D eigenvalue weighted by molar-refractivity contribution is 5.79. The van der Waals surface area contributed by atoms with Crippen LogP contribution in [-0.2, 0) is 13.1 Å². The largest absolute Gasteiger partial charge is 0.497 e. The highest BCUT2D eigenvalue weighted by Crippen LogP contribution is 2.45. The van der Waals surface area contributed by atoms with Gasteiger partial charge in [0.15, 0.2) is 11.5 Å². The smallest absolute Gasteiger partial charge is 0.203 e. The van der Waals surface area contributed by atoms with Crippen LogP contribution in [0.1, 0.15) is 11.1 Å². The van der Waals surface area contributed by atoms with Crippen molar-refractivity contribution in [2.24, 2.45) is 0 Å². The molecule has 0 unspecified atom stereocenters. The molecule has 0 saturated heterocycles. The molecule has 0 amide bonds. The summed E-state index contributed by atoms with van der Waals surface area (Å²) in [4.78, 5) is 0. The number of rotatable bonds is 9. The predicted octanol–water partition coefficient (Wildman–Crippen LogP) is 4.68. The second kappa shape index (κ2) is 9.85. The quantitative estimate of drug-likeness (QED) is 0.572. The van der Waals surface area contributed by atoms with Crippen LogP contribution in [0.3, 0.4) is 0 Å². The lowest BCUT2D eigenvalue weighted by Crippen LogP contribution is -2.13. The van der Waals surface area contributed by atoms with Gasteiger partial charge < -0.3 is 24.3 Å². The van der Waals surface area contributed by atoms with Crippen molar-refractivity contribution in [3.63, 3.8) is 0 Å². The van der Waals surface area contributed by atoms with Gasteiger partial charge in [-0.1, -0.05) is 36.4 Å². The monoisotopic (exact) mass is 393 g/mol. The van der Waals surface area contributed by atoms with E-state index in [0.29, 0.717) is 23.8 Å². The first-order valence-electron chi connectivity index (χ1n) is 9.42. The standard InChI is InChI=1S/C24H27NO4/c1-26-19-10-11-20(18(14-19)16-25-15-17-8-6-5-7-9-17)21-12-13-22(27-2)24(29-4)23(21)28-3/h5-14,25H,15-16H2,1-4H3. The molecule has 29 heavy (non-hydrogen) atoms. The fraction of sp³-hybridized carbons (Fsp3) is 0.250. The van der Waals surface area contributed by atoms with Gasteiger partial charge in [-0.25, -0.2) is 0 Å². The Kier molecular flexibility index (Phi) is 6.98. The van der Waals surface area contributed by atoms with Crippen LogP contribution in [0.2, 0.25) is 0 Å². The highest BCUT2D eigenvalue weighted by atomic mass is 16.5. The van der Waals surface area contributed by atoms with Gasteiger partial charge in [-0.15, -0.1) is 0 Å². The maximum absolute atomic E-state index is 5.69. The number of methoxy groups -OCH3 is 4. The second-order valence-corrected chi connectivity index (χ2v) is 6.49. The third-order valence-corrected chi connectivity index (χ3v) is 4.79. The first kappa shape index (κ1) is 20.6. The first-order valence-corrected chi connectivity index (χ1v) is 9.42. The molecule has 0 aliphatic carbocycles. The molecular weight excluding hydrogens is 366 g/mol. The van der Waals surface area contributed by atoms with Crippen LogP contribution in [0.25, 0.3) is 11.1 Å². The number of hydrogen-bond donors (Lipinski definition) is 1. The molecule has 0 radical (unpaired) electrons. The first-order chi connectivity index (χ1) is 14.2. The van der Waals surface area contributed by atoms with E-state index in [1.165, 1.54) is 5.56 Å². The van der Waals surface area contributed by atoms with E-state index >= 15 is 0 Å². The van der Waals surface area contributed by atoms with Crippen LogP contribution in [-0.4, -0.2) is 28.4 Å². The number of nitrogens with one attached hydrogen (secondary N) is 1. The minimum absolute atomic E-state index is 0.575. The van der Waals surface area contributed by atoms with Gasteiger partial charge >= 0.3 is 0 Å². The van der Waals surface area contributed by atoms with E-state index in [1.54, 1.807) is 28.4 Å². The van der Waals surface area contributed by atoms with Crippen LogP contribution < -0.4 is 24.3 Å². The van der Waals surface area contributed by atoms with Gasteiger partial charge in [-0.3, -0.25) is 0 Å². The Morgan fingerprint density at radius 1 is 0.655 bits per heavy atom. The Morgan fingerprint density at radius 3 is 2.03 bits per heavy atom. The van der Waals surface area contributed by atoms with Crippen LogP contribution >= 0.6 is 0 Å². The average molecular weight is 393 g/mol. The molecule has 5 heteroatoms. The summed E-state index contributed by atoms with van der Waals surface area (Å²) in [5, 5.41) is 3.52. The molecule has 0 saturated carbocycles. The fourth-order valence-electron chi connectivity index (χ4n) is 3.36. The summed E-state index contributed by atoms with van der Waals surface area (Å²) >= 11 is 0. The van der Waals surface area contributed by atoms with Crippen LogP contribution in [0, 0.1) is 0 Å². The molecule has 0 fully saturated rings. The number of ether oxygens (including phenoxy) is 4. The third-order valence-electron chi connectivity index (χ3n) is 4.79. The molecule has 0 aliphatic heterocycles. The van der Waals surface area contributed by atoms with E-state index in [2.05, 4.69) is 17.4 Å². The Hall–Kier alpha value is -3.18. The van der Waals surface area contributed by atoms with Crippen molar-refractivity contribution in [1.82, 2.24) is 5.32 Å². The van der Waals surface area contributed by atoms with E-state index in [9.17, 15) is 0 Å². The van der Waals surface area contributed by atoms with E-state index < -0.39 is 0 Å². The Balaban J connectivity index is 1.97. The average Bonchev–Trinajstić information content (AvgIpc) is 2.78. The summed E-state index contributed by atoms with van der Waals surface area (Å²) in [6.07, 6.45) is 0. The molecule has 0 aromatic heterocycles. The van der Waals surface area contributed by atoms with E-state index in [-0.39, 0.29) is 0 Å². The summed E-state index contributed by atoms with van der Waals surface area (Å²) in [5.41, 5.74) is 4.32. The Labute approximate surface area is 172 Å². The van der Waals surface area contributed by atoms with Crippen molar-refractivity contribution in [3.05, 3.63) is 71.8 Å². The van der Waals surface area contributed by atoms with Crippen LogP contribution in [0.5, 0.6) is 23.0 Å². The third kappa shape index (κ3) is 4.63. The lowest BCUT2D eigenvalue weighted by Gasteiger charge is -2.18. The lowest BCUT2D eigenvalue weighted by atomic mass is 9.97. The summed E-state index contributed by atoms with van der Waals surface area (Å²) in [6.45, 7) is 1.46. The maximum Gasteiger partial charge on any atom is 0.203 e. The topological polar surface area (TPSA) is 49.0 Å². The molecule has 3 aromatic rings. The Bertz CT molecular complexity index is 941. The molecule has 0 aliphatic rings. The summed E-state index contributed by atoms with van der Waals surface area (Å²) in [6, 6.07) is 20.2. The predicted molar refractivity (Wildman–Crippen MR) is 115 cm³/mol. The molecule has 3 aromatic carbocycles. The molecule has 0 heterocycles. The van der Waals surface area contributed by atoms with Crippen molar-refractivity contribution in [3.8, 4) is 34.1 Å². The molecule has 0 bridgehead atoms. The maximum atomic E-state index is 5.69. The van der Waals surface area contributed by atoms with Gasteiger partial charge in [0.25, 0.3) is 0 Å². The molecule has 1 N–H and O–H groups in total. The van der Waals surface area contributed by atoms with Crippen molar-refractivity contribution in [2.75, 3.05) is 28.4 Å². The van der Waals surface area contributed by atoms with Crippen LogP contribution in [0.4, 0.5) is 0 Å². The second-order valence-electron chi connectivity index (χ2n) is 6.49. The molecule has 152 valence electrons. The van der Waals surface area contributed by atoms with Crippen molar-refractivity contribution in [1.29, 1.82) is 0 Å². The molecule has 5 nitrogen and oxygen atoms in total. The Morgan fingerprint density at radius 2 is 1.38 bits per heavy atom. The normalized spacial score (nSPS) is 10.5. The molecule has 3 rings (SSSR count). The minimum atomic E-state index is 0.575. The molecule has 0 spiro atoms. The highest BCUT2D eigenvalue weighted by Gasteiger charge is 2.19. The van der Waals surface area contributed by atoms with Gasteiger partial charge in [-0.2, -0.15) is 0 Å². The zero-order valence-corrected chi connectivity index (χ0v) is 17.3. The van der Waals surface area contributed by atoms with Gasteiger partial charge in [0, 0.05) is 18.7 Å². The van der Waals surface area contributed by atoms with Crippen LogP contribution in [0.15, 0.2) is 60.7 Å². The van der Waals surface area contributed by atoms with Gasteiger partial charge in [0.1, 0.15) is 5.75 Å². The summed E-state index contributed by atoms with van der Waals surface area (Å²) in [7, 11) is 6.54. The minimum Gasteiger partial charge on any atom is -0.497 e. The number of benzene rings is 3. The SMILES string of the molecule is COc1ccc(-c2ccc(OC)c(OC)c2OC)c(CNCc2ccccc2)c1. The van der Waals surface area contributed by atoms with Crippen molar-refractivity contribution in [2.45, 2.75) is 13.1 Å². The molecular formula is C24H27NO4. The van der Waals surface area contributed by atoms with Crippen molar-refractivity contribution >= 4 is 0 Å². The van der Waals surface area contributed by atoms with Gasteiger partial charge in [-0.05, 0) is 41.0 Å². The molecule has 0 atom stereocenters. The van der Waals surface area contributed by atoms with Crippen molar-refractivity contribution < 1.29 is 18.9 Å². The van der Waals surface area contributed by atoms with E-state index in [1.807, 2.05) is 48.5 Å². The zero-order chi connectivity index (χ0) is 20.6. The van der Waals surface area contributed by atoms with Gasteiger partial charge in [0.05, 0.1) is 28.4 Å². The number of hydrogen-bond acceptors (Lipinski definition) is 5. The van der Waals surface area contributed by atoms with E-state index in [4.69, 9.17) is 18.9 Å². The zero-order valence-electron chi connectivity index (χ0n) is 17.3. The summed E-state index contributed by atoms with van der Waals surface area (Å²) in [5.74, 6) is 2.66.